The third-order valence-electron chi connectivity index (χ3n) is 4.73. The van der Waals surface area contributed by atoms with Gasteiger partial charge in [-0.2, -0.15) is 5.10 Å². The largest absolute Gasteiger partial charge is 0.379 e. The predicted octanol–water partition coefficient (Wildman–Crippen LogP) is 2.64. The summed E-state index contributed by atoms with van der Waals surface area (Å²) in [5, 5.41) is 5.36. The summed E-state index contributed by atoms with van der Waals surface area (Å²) in [4.78, 5) is 25.7. The Morgan fingerprint density at radius 2 is 2.14 bits per heavy atom. The molecule has 0 atom stereocenters. The van der Waals surface area contributed by atoms with Crippen LogP contribution in [0.4, 0.5) is 5.13 Å². The number of aromatic nitrogens is 4. The molecule has 1 amide bonds. The number of benzene rings is 1. The third kappa shape index (κ3) is 5.04. The maximum atomic E-state index is 13.1. The van der Waals surface area contributed by atoms with Crippen molar-refractivity contribution in [3.63, 3.8) is 0 Å². The summed E-state index contributed by atoms with van der Waals surface area (Å²) in [6.07, 6.45) is 2.96. The Bertz CT molecular complexity index is 920. The lowest BCUT2D eigenvalue weighted by molar-refractivity contribution is -0.119. The molecule has 1 saturated heterocycles. The Balaban J connectivity index is 0.00000240. The molecule has 3 heterocycles. The normalized spacial score (nSPS) is 14.7. The number of fused-ring (bicyclic) bond motifs is 1. The van der Waals surface area contributed by atoms with E-state index in [2.05, 4.69) is 15.0 Å². The number of carbonyl (C=O) groups is 1. The summed E-state index contributed by atoms with van der Waals surface area (Å²) < 4.78 is 7.84. The minimum atomic E-state index is -0.0772. The van der Waals surface area contributed by atoms with Crippen LogP contribution in [0.5, 0.6) is 0 Å². The van der Waals surface area contributed by atoms with Crippen LogP contribution in [0.15, 0.2) is 24.8 Å². The van der Waals surface area contributed by atoms with Crippen LogP contribution >= 0.6 is 35.3 Å². The Hall–Kier alpha value is -1.78. The van der Waals surface area contributed by atoms with E-state index in [1.54, 1.807) is 4.90 Å². The number of anilines is 1. The summed E-state index contributed by atoms with van der Waals surface area (Å²) in [5.41, 5.74) is 1.89. The monoisotopic (exact) mass is 456 g/mol. The van der Waals surface area contributed by atoms with Crippen molar-refractivity contribution in [1.29, 1.82) is 0 Å². The highest BCUT2D eigenvalue weighted by molar-refractivity contribution is 7.23. The molecule has 3 aromatic rings. The molecule has 29 heavy (non-hydrogen) atoms. The summed E-state index contributed by atoms with van der Waals surface area (Å²) in [6, 6.07) is 3.82. The van der Waals surface area contributed by atoms with Gasteiger partial charge in [-0.3, -0.25) is 14.6 Å². The van der Waals surface area contributed by atoms with E-state index in [1.165, 1.54) is 28.7 Å². The lowest BCUT2D eigenvalue weighted by Crippen LogP contribution is -2.44. The number of hydrogen-bond donors (Lipinski definition) is 0. The summed E-state index contributed by atoms with van der Waals surface area (Å²) in [6.45, 7) is 6.61. The van der Waals surface area contributed by atoms with Gasteiger partial charge in [0.15, 0.2) is 5.13 Å². The van der Waals surface area contributed by atoms with Gasteiger partial charge in [0.05, 0.1) is 28.5 Å². The lowest BCUT2D eigenvalue weighted by atomic mass is 10.2. The number of carbonyl (C=O) groups excluding carboxylic acids is 1. The molecule has 0 unspecified atom stereocenters. The molecule has 1 aliphatic rings. The first kappa shape index (κ1) is 21.9. The fourth-order valence-corrected chi connectivity index (χ4v) is 4.50. The molecule has 0 N–H and O–H groups in total. The minimum Gasteiger partial charge on any atom is -0.379 e. The molecule has 1 aromatic carbocycles. The van der Waals surface area contributed by atoms with Gasteiger partial charge in [-0.25, -0.2) is 14.6 Å². The van der Waals surface area contributed by atoms with Crippen LogP contribution < -0.4 is 4.90 Å². The number of aryl methyl sites for hydroxylation is 1. The second-order valence-corrected chi connectivity index (χ2v) is 8.02. The first-order chi connectivity index (χ1) is 13.6. The van der Waals surface area contributed by atoms with Gasteiger partial charge in [-0.15, -0.1) is 12.4 Å². The van der Waals surface area contributed by atoms with Crippen LogP contribution in [0.25, 0.3) is 10.2 Å². The van der Waals surface area contributed by atoms with Crippen molar-refractivity contribution in [1.82, 2.24) is 24.6 Å². The summed E-state index contributed by atoms with van der Waals surface area (Å²) >= 11 is 7.81. The second kappa shape index (κ2) is 9.82. The van der Waals surface area contributed by atoms with E-state index in [1.807, 2.05) is 19.1 Å². The number of morpholine rings is 1. The second-order valence-electron chi connectivity index (χ2n) is 6.63. The number of halogens is 2. The lowest BCUT2D eigenvalue weighted by Gasteiger charge is -2.29. The Kier molecular flexibility index (Phi) is 7.42. The van der Waals surface area contributed by atoms with Crippen molar-refractivity contribution in [3.05, 3.63) is 35.4 Å². The minimum absolute atomic E-state index is 0. The molecule has 8 nitrogen and oxygen atoms in total. The van der Waals surface area contributed by atoms with E-state index in [9.17, 15) is 4.79 Å². The average Bonchev–Trinajstić information content (AvgIpc) is 3.36. The van der Waals surface area contributed by atoms with Crippen LogP contribution in [0.1, 0.15) is 5.56 Å². The summed E-state index contributed by atoms with van der Waals surface area (Å²) in [5.74, 6) is -0.0772. The van der Waals surface area contributed by atoms with Crippen LogP contribution in [-0.2, 0) is 16.1 Å². The molecule has 11 heteroatoms. The highest BCUT2D eigenvalue weighted by Crippen LogP contribution is 2.35. The number of amides is 1. The van der Waals surface area contributed by atoms with E-state index in [0.29, 0.717) is 16.7 Å². The molecule has 156 valence electrons. The van der Waals surface area contributed by atoms with Crippen LogP contribution in [0, 0.1) is 6.92 Å². The van der Waals surface area contributed by atoms with Gasteiger partial charge in [-0.05, 0) is 18.6 Å². The van der Waals surface area contributed by atoms with Gasteiger partial charge in [0.25, 0.3) is 5.91 Å². The highest BCUT2D eigenvalue weighted by atomic mass is 35.5. The number of hydrogen-bond acceptors (Lipinski definition) is 7. The van der Waals surface area contributed by atoms with Crippen molar-refractivity contribution in [3.8, 4) is 0 Å². The third-order valence-corrected chi connectivity index (χ3v) is 6.26. The van der Waals surface area contributed by atoms with Crippen molar-refractivity contribution >= 4 is 56.6 Å². The molecule has 1 aliphatic heterocycles. The smallest absolute Gasteiger partial charge is 0.250 e. The first-order valence-electron chi connectivity index (χ1n) is 9.10. The Morgan fingerprint density at radius 1 is 1.34 bits per heavy atom. The molecule has 1 fully saturated rings. The van der Waals surface area contributed by atoms with E-state index < -0.39 is 0 Å². The maximum Gasteiger partial charge on any atom is 0.250 e. The van der Waals surface area contributed by atoms with E-state index in [4.69, 9.17) is 21.3 Å². The molecule has 0 bridgehead atoms. The molecule has 0 spiro atoms. The molecule has 2 aromatic heterocycles. The number of nitrogens with zero attached hydrogens (tertiary/aromatic N) is 6. The average molecular weight is 457 g/mol. The molecule has 0 aliphatic carbocycles. The number of ether oxygens (including phenoxy) is 1. The molecular formula is C18H22Cl2N6O2S. The molecule has 0 saturated carbocycles. The molecule has 4 rings (SSSR count). The topological polar surface area (TPSA) is 76.4 Å². The van der Waals surface area contributed by atoms with Crippen molar-refractivity contribution in [2.75, 3.05) is 44.3 Å². The molecule has 0 radical (unpaired) electrons. The quantitative estimate of drug-likeness (QED) is 0.567. The van der Waals surface area contributed by atoms with E-state index >= 15 is 0 Å². The molecular weight excluding hydrogens is 435 g/mol. The van der Waals surface area contributed by atoms with Crippen LogP contribution in [-0.4, -0.2) is 69.9 Å². The van der Waals surface area contributed by atoms with E-state index in [0.717, 1.165) is 48.6 Å². The zero-order valence-electron chi connectivity index (χ0n) is 16.0. The van der Waals surface area contributed by atoms with Gasteiger partial charge < -0.3 is 4.74 Å². The fraction of sp³-hybridized carbons (Fsp3) is 0.444. The van der Waals surface area contributed by atoms with Crippen molar-refractivity contribution in [2.45, 2.75) is 13.5 Å². The van der Waals surface area contributed by atoms with Gasteiger partial charge in [-0.1, -0.05) is 29.0 Å². The zero-order valence-corrected chi connectivity index (χ0v) is 18.3. The van der Waals surface area contributed by atoms with Gasteiger partial charge in [0.1, 0.15) is 19.2 Å². The van der Waals surface area contributed by atoms with E-state index in [-0.39, 0.29) is 24.9 Å². The fourth-order valence-electron chi connectivity index (χ4n) is 3.14. The van der Waals surface area contributed by atoms with Crippen molar-refractivity contribution < 1.29 is 9.53 Å². The Labute approximate surface area is 183 Å². The summed E-state index contributed by atoms with van der Waals surface area (Å²) in [7, 11) is 0. The highest BCUT2D eigenvalue weighted by Gasteiger charge is 2.23. The maximum absolute atomic E-state index is 13.1. The Morgan fingerprint density at radius 3 is 2.83 bits per heavy atom. The first-order valence-corrected chi connectivity index (χ1v) is 10.3. The zero-order chi connectivity index (χ0) is 19.5. The van der Waals surface area contributed by atoms with Gasteiger partial charge in [0.2, 0.25) is 0 Å². The van der Waals surface area contributed by atoms with Crippen LogP contribution in [0.2, 0.25) is 5.02 Å². The number of rotatable bonds is 6. The standard InChI is InChI=1S/C18H21ClN6O2S.ClH/c1-13-2-3-14(19)17-16(13)22-18(28-17)25(5-4-23-6-8-27-9-7-23)15(26)10-24-12-20-11-21-24;/h2-3,11-12H,4-10H2,1H3;1H. The van der Waals surface area contributed by atoms with Gasteiger partial charge >= 0.3 is 0 Å². The SMILES string of the molecule is Cc1ccc(Cl)c2sc(N(CCN3CCOCC3)C(=O)Cn3cncn3)nc12.Cl. The van der Waals surface area contributed by atoms with Gasteiger partial charge in [0, 0.05) is 26.2 Å². The van der Waals surface area contributed by atoms with Crippen molar-refractivity contribution in [2.24, 2.45) is 0 Å². The number of thiazole rings is 1. The predicted molar refractivity (Wildman–Crippen MR) is 116 cm³/mol. The van der Waals surface area contributed by atoms with Crippen LogP contribution in [0.3, 0.4) is 0 Å².